The fraction of sp³-hybridized carbons (Fsp3) is 0.350. The second-order valence-electron chi connectivity index (χ2n) is 6.05. The molecule has 0 amide bonds. The smallest absolute Gasteiger partial charge is 0.336 e. The predicted octanol–water partition coefficient (Wildman–Crippen LogP) is 3.84. The summed E-state index contributed by atoms with van der Waals surface area (Å²) in [6.45, 7) is 7.93. The van der Waals surface area contributed by atoms with Crippen LogP contribution in [0.15, 0.2) is 57.3 Å². The molecule has 1 aromatic carbocycles. The van der Waals surface area contributed by atoms with Crippen LogP contribution in [0.2, 0.25) is 0 Å². The van der Waals surface area contributed by atoms with E-state index in [1.165, 1.54) is 6.07 Å². The van der Waals surface area contributed by atoms with Crippen LogP contribution in [0.5, 0.6) is 11.5 Å². The lowest BCUT2D eigenvalue weighted by Gasteiger charge is -2.11. The maximum absolute atomic E-state index is 11.4. The molecular formula is C20H24O5. The van der Waals surface area contributed by atoms with Crippen LogP contribution in [-0.4, -0.2) is 24.9 Å². The topological polar surface area (TPSA) is 68.9 Å². The van der Waals surface area contributed by atoms with Gasteiger partial charge in [0.05, 0.1) is 18.6 Å². The Morgan fingerprint density at radius 1 is 1.36 bits per heavy atom. The highest BCUT2D eigenvalue weighted by atomic mass is 16.5. The van der Waals surface area contributed by atoms with E-state index in [2.05, 4.69) is 6.58 Å². The average Bonchev–Trinajstić information content (AvgIpc) is 2.58. The van der Waals surface area contributed by atoms with Crippen molar-refractivity contribution in [2.24, 2.45) is 0 Å². The van der Waals surface area contributed by atoms with Gasteiger partial charge in [-0.3, -0.25) is 0 Å². The Kier molecular flexibility index (Phi) is 6.42. The van der Waals surface area contributed by atoms with Gasteiger partial charge in [0.1, 0.15) is 23.7 Å². The maximum atomic E-state index is 11.4. The van der Waals surface area contributed by atoms with Crippen LogP contribution in [0.25, 0.3) is 11.0 Å². The minimum atomic E-state index is -0.475. The zero-order valence-corrected chi connectivity index (χ0v) is 14.9. The third kappa shape index (κ3) is 5.22. The Morgan fingerprint density at radius 3 is 2.80 bits per heavy atom. The van der Waals surface area contributed by atoms with Crippen LogP contribution in [0.1, 0.15) is 26.7 Å². The van der Waals surface area contributed by atoms with Crippen molar-refractivity contribution in [1.29, 1.82) is 0 Å². The van der Waals surface area contributed by atoms with Gasteiger partial charge < -0.3 is 19.0 Å². The number of fused-ring (bicyclic) bond motifs is 1. The molecule has 1 N–H and O–H groups in total. The molecule has 0 saturated carbocycles. The van der Waals surface area contributed by atoms with Crippen molar-refractivity contribution in [2.45, 2.75) is 32.8 Å². The van der Waals surface area contributed by atoms with E-state index in [1.807, 2.05) is 19.9 Å². The number of benzene rings is 1. The lowest BCUT2D eigenvalue weighted by atomic mass is 10.0. The van der Waals surface area contributed by atoms with E-state index < -0.39 is 11.7 Å². The predicted molar refractivity (Wildman–Crippen MR) is 98.3 cm³/mol. The second kappa shape index (κ2) is 8.53. The highest BCUT2D eigenvalue weighted by molar-refractivity contribution is 5.84. The molecule has 134 valence electrons. The van der Waals surface area contributed by atoms with Gasteiger partial charge in [-0.25, -0.2) is 4.79 Å². The molecule has 25 heavy (non-hydrogen) atoms. The van der Waals surface area contributed by atoms with Gasteiger partial charge in [0.2, 0.25) is 0 Å². The minimum Gasteiger partial charge on any atom is -0.496 e. The van der Waals surface area contributed by atoms with Gasteiger partial charge in [0.15, 0.2) is 0 Å². The van der Waals surface area contributed by atoms with Crippen molar-refractivity contribution in [3.63, 3.8) is 0 Å². The average molecular weight is 344 g/mol. The number of ether oxygens (including phenoxy) is 2. The summed E-state index contributed by atoms with van der Waals surface area (Å²) in [6, 6.07) is 6.46. The fourth-order valence-corrected chi connectivity index (χ4v) is 2.36. The molecule has 5 heteroatoms. The van der Waals surface area contributed by atoms with Gasteiger partial charge in [-0.2, -0.15) is 0 Å². The molecule has 1 atom stereocenters. The molecule has 0 aliphatic rings. The summed E-state index contributed by atoms with van der Waals surface area (Å²) in [6.07, 6.45) is 2.90. The van der Waals surface area contributed by atoms with Crippen LogP contribution in [0.4, 0.5) is 0 Å². The normalized spacial score (nSPS) is 12.9. The van der Waals surface area contributed by atoms with Crippen molar-refractivity contribution in [2.75, 3.05) is 13.7 Å². The van der Waals surface area contributed by atoms with Crippen molar-refractivity contribution in [3.8, 4) is 11.5 Å². The summed E-state index contributed by atoms with van der Waals surface area (Å²) in [5.41, 5.74) is 1.90. The standard InChI is InChI=1S/C20H24O5/c1-13(2)17(21)7-5-14(3)9-10-24-15-11-18(23-4)16-6-8-20(22)25-19(16)12-15/h6,8-9,11-12,17,21H,1,5,7,10H2,2-4H3/b14-9+. The molecule has 0 fully saturated rings. The largest absolute Gasteiger partial charge is 0.496 e. The molecule has 1 unspecified atom stereocenters. The molecule has 0 bridgehead atoms. The van der Waals surface area contributed by atoms with Gasteiger partial charge in [0, 0.05) is 18.2 Å². The SMILES string of the molecule is C=C(C)C(O)CC/C(C)=C/COc1cc(OC)c2ccc(=O)oc2c1. The van der Waals surface area contributed by atoms with Gasteiger partial charge in [-0.15, -0.1) is 0 Å². The molecule has 0 aliphatic carbocycles. The van der Waals surface area contributed by atoms with Crippen molar-refractivity contribution < 1.29 is 19.0 Å². The quantitative estimate of drug-likeness (QED) is 0.582. The van der Waals surface area contributed by atoms with E-state index in [4.69, 9.17) is 13.9 Å². The molecule has 5 nitrogen and oxygen atoms in total. The molecule has 1 heterocycles. The first-order valence-electron chi connectivity index (χ1n) is 8.14. The third-order valence-electron chi connectivity index (χ3n) is 3.96. The van der Waals surface area contributed by atoms with E-state index in [9.17, 15) is 9.90 Å². The molecule has 0 saturated heterocycles. The number of methoxy groups -OCH3 is 1. The van der Waals surface area contributed by atoms with E-state index in [-0.39, 0.29) is 0 Å². The molecule has 2 rings (SSSR count). The zero-order valence-electron chi connectivity index (χ0n) is 14.9. The summed E-state index contributed by atoms with van der Waals surface area (Å²) in [4.78, 5) is 11.4. The molecule has 2 aromatic rings. The maximum Gasteiger partial charge on any atom is 0.336 e. The Balaban J connectivity index is 2.04. The van der Waals surface area contributed by atoms with Crippen molar-refractivity contribution in [1.82, 2.24) is 0 Å². The van der Waals surface area contributed by atoms with Crippen molar-refractivity contribution in [3.05, 3.63) is 58.5 Å². The van der Waals surface area contributed by atoms with Gasteiger partial charge in [-0.05, 0) is 38.8 Å². The summed E-state index contributed by atoms with van der Waals surface area (Å²) in [5, 5.41) is 10.5. The fourth-order valence-electron chi connectivity index (χ4n) is 2.36. The molecule has 1 aromatic heterocycles. The number of hydrogen-bond acceptors (Lipinski definition) is 5. The first-order chi connectivity index (χ1) is 11.9. The lowest BCUT2D eigenvalue weighted by Crippen LogP contribution is -2.07. The van der Waals surface area contributed by atoms with Crippen LogP contribution >= 0.6 is 0 Å². The molecule has 0 radical (unpaired) electrons. The molecular weight excluding hydrogens is 320 g/mol. The third-order valence-corrected chi connectivity index (χ3v) is 3.96. The van der Waals surface area contributed by atoms with E-state index in [1.54, 1.807) is 25.3 Å². The van der Waals surface area contributed by atoms with Crippen LogP contribution < -0.4 is 15.1 Å². The van der Waals surface area contributed by atoms with Gasteiger partial charge in [0.25, 0.3) is 0 Å². The monoisotopic (exact) mass is 344 g/mol. The first kappa shape index (κ1) is 18.8. The Labute approximate surface area is 147 Å². The minimum absolute atomic E-state index is 0.376. The van der Waals surface area contributed by atoms with Crippen molar-refractivity contribution >= 4 is 11.0 Å². The summed E-state index contributed by atoms with van der Waals surface area (Å²) in [5.74, 6) is 1.14. The summed E-state index contributed by atoms with van der Waals surface area (Å²) >= 11 is 0. The van der Waals surface area contributed by atoms with E-state index in [0.717, 1.165) is 23.0 Å². The Bertz CT molecular complexity index is 832. The Hall–Kier alpha value is -2.53. The lowest BCUT2D eigenvalue weighted by molar-refractivity contribution is 0.201. The number of allylic oxidation sites excluding steroid dienone is 1. The number of hydrogen-bond donors (Lipinski definition) is 1. The number of aliphatic hydroxyl groups is 1. The van der Waals surface area contributed by atoms with Crippen LogP contribution in [0, 0.1) is 0 Å². The summed E-state index contributed by atoms with van der Waals surface area (Å²) < 4.78 is 16.2. The van der Waals surface area contributed by atoms with Crippen LogP contribution in [-0.2, 0) is 0 Å². The van der Waals surface area contributed by atoms with Gasteiger partial charge >= 0.3 is 5.63 Å². The highest BCUT2D eigenvalue weighted by Crippen LogP contribution is 2.30. The molecule has 0 aliphatic heterocycles. The Morgan fingerprint density at radius 2 is 2.12 bits per heavy atom. The zero-order chi connectivity index (χ0) is 18.4. The summed E-state index contributed by atoms with van der Waals surface area (Å²) in [7, 11) is 1.56. The second-order valence-corrected chi connectivity index (χ2v) is 6.05. The number of rotatable bonds is 8. The van der Waals surface area contributed by atoms with E-state index in [0.29, 0.717) is 30.1 Å². The first-order valence-corrected chi connectivity index (χ1v) is 8.14. The molecule has 0 spiro atoms. The van der Waals surface area contributed by atoms with Crippen LogP contribution in [0.3, 0.4) is 0 Å². The van der Waals surface area contributed by atoms with Gasteiger partial charge in [-0.1, -0.05) is 17.7 Å². The number of aliphatic hydroxyl groups excluding tert-OH is 1. The van der Waals surface area contributed by atoms with E-state index >= 15 is 0 Å². The highest BCUT2D eigenvalue weighted by Gasteiger charge is 2.08.